The molecule has 0 N–H and O–H groups in total. The van der Waals surface area contributed by atoms with Gasteiger partial charge in [0.05, 0.1) is 5.25 Å². The molecule has 1 fully saturated rings. The highest BCUT2D eigenvalue weighted by molar-refractivity contribution is 8.14. The van der Waals surface area contributed by atoms with Crippen molar-refractivity contribution >= 4 is 19.7 Å². The molecule has 0 saturated heterocycles. The van der Waals surface area contributed by atoms with Gasteiger partial charge in [-0.15, -0.1) is 0 Å². The van der Waals surface area contributed by atoms with Gasteiger partial charge in [-0.2, -0.15) is 0 Å². The standard InChI is InChI=1S/C9H17ClO2S/c1-4-5-8(13(10,11)12)7-6-9(7,2)3/h7-8H,4-6H2,1-3H3. The van der Waals surface area contributed by atoms with Crippen molar-refractivity contribution in [2.75, 3.05) is 0 Å². The van der Waals surface area contributed by atoms with Crippen molar-refractivity contribution in [2.45, 2.75) is 45.3 Å². The largest absolute Gasteiger partial charge is 0.235 e. The molecule has 1 rings (SSSR count). The summed E-state index contributed by atoms with van der Waals surface area (Å²) in [6.07, 6.45) is 2.56. The van der Waals surface area contributed by atoms with Gasteiger partial charge in [0, 0.05) is 10.7 Å². The zero-order valence-corrected chi connectivity index (χ0v) is 9.95. The number of halogens is 1. The molecule has 0 amide bonds. The molecule has 0 bridgehead atoms. The molecule has 0 aromatic rings. The molecule has 1 aliphatic rings. The fourth-order valence-corrected chi connectivity index (χ4v) is 3.98. The van der Waals surface area contributed by atoms with Crippen LogP contribution in [0.5, 0.6) is 0 Å². The first-order valence-corrected chi connectivity index (χ1v) is 7.10. The van der Waals surface area contributed by atoms with Gasteiger partial charge in [-0.05, 0) is 24.2 Å². The second-order valence-electron chi connectivity index (χ2n) is 4.60. The smallest absolute Gasteiger partial charge is 0.212 e. The highest BCUT2D eigenvalue weighted by Crippen LogP contribution is 2.56. The Labute approximate surface area is 85.1 Å². The summed E-state index contributed by atoms with van der Waals surface area (Å²) >= 11 is 0. The van der Waals surface area contributed by atoms with Gasteiger partial charge in [-0.1, -0.05) is 27.2 Å². The first-order chi connectivity index (χ1) is 5.79. The van der Waals surface area contributed by atoms with E-state index in [0.717, 1.165) is 12.8 Å². The molecule has 4 heteroatoms. The Morgan fingerprint density at radius 3 is 2.23 bits per heavy atom. The molecule has 2 nitrogen and oxygen atoms in total. The fourth-order valence-electron chi connectivity index (χ4n) is 1.97. The van der Waals surface area contributed by atoms with Crippen molar-refractivity contribution in [1.82, 2.24) is 0 Å². The second kappa shape index (κ2) is 3.43. The minimum Gasteiger partial charge on any atom is -0.212 e. The topological polar surface area (TPSA) is 34.1 Å². The normalized spacial score (nSPS) is 28.5. The first kappa shape index (κ1) is 11.3. The van der Waals surface area contributed by atoms with Crippen LogP contribution < -0.4 is 0 Å². The van der Waals surface area contributed by atoms with Crippen LogP contribution in [0.4, 0.5) is 0 Å². The lowest BCUT2D eigenvalue weighted by molar-refractivity contribution is 0.500. The van der Waals surface area contributed by atoms with Gasteiger partial charge in [0.15, 0.2) is 0 Å². The quantitative estimate of drug-likeness (QED) is 0.689. The van der Waals surface area contributed by atoms with E-state index in [2.05, 4.69) is 13.8 Å². The van der Waals surface area contributed by atoms with E-state index in [9.17, 15) is 8.42 Å². The highest BCUT2D eigenvalue weighted by atomic mass is 35.7. The number of rotatable bonds is 4. The van der Waals surface area contributed by atoms with Crippen molar-refractivity contribution in [3.63, 3.8) is 0 Å². The maximum absolute atomic E-state index is 11.3. The Morgan fingerprint density at radius 2 is 2.00 bits per heavy atom. The van der Waals surface area contributed by atoms with Crippen LogP contribution in [0.1, 0.15) is 40.0 Å². The van der Waals surface area contributed by atoms with Crippen LogP contribution in [0, 0.1) is 11.3 Å². The summed E-state index contributed by atoms with van der Waals surface area (Å²) in [5.41, 5.74) is 0.182. The Morgan fingerprint density at radius 1 is 1.54 bits per heavy atom. The van der Waals surface area contributed by atoms with Gasteiger partial charge in [-0.3, -0.25) is 0 Å². The van der Waals surface area contributed by atoms with Crippen LogP contribution in [0.3, 0.4) is 0 Å². The third-order valence-corrected chi connectivity index (χ3v) is 4.95. The fraction of sp³-hybridized carbons (Fsp3) is 1.00. The number of hydrogen-bond donors (Lipinski definition) is 0. The van der Waals surface area contributed by atoms with E-state index in [1.54, 1.807) is 0 Å². The lowest BCUT2D eigenvalue weighted by Crippen LogP contribution is -2.21. The number of hydrogen-bond acceptors (Lipinski definition) is 2. The van der Waals surface area contributed by atoms with E-state index in [0.29, 0.717) is 6.42 Å². The maximum atomic E-state index is 11.3. The van der Waals surface area contributed by atoms with Crippen LogP contribution in [0.15, 0.2) is 0 Å². The molecule has 0 aromatic heterocycles. The van der Waals surface area contributed by atoms with Crippen LogP contribution >= 0.6 is 10.7 Å². The summed E-state index contributed by atoms with van der Waals surface area (Å²) in [4.78, 5) is 0. The van der Waals surface area contributed by atoms with Gasteiger partial charge in [0.2, 0.25) is 9.05 Å². The lowest BCUT2D eigenvalue weighted by atomic mass is 10.1. The van der Waals surface area contributed by atoms with Gasteiger partial charge >= 0.3 is 0 Å². The van der Waals surface area contributed by atoms with Crippen LogP contribution in [0.25, 0.3) is 0 Å². The molecule has 0 heterocycles. The molecule has 0 spiro atoms. The van der Waals surface area contributed by atoms with E-state index < -0.39 is 9.05 Å². The molecule has 13 heavy (non-hydrogen) atoms. The zero-order valence-electron chi connectivity index (χ0n) is 8.38. The van der Waals surface area contributed by atoms with Gasteiger partial charge < -0.3 is 0 Å². The molecule has 78 valence electrons. The second-order valence-corrected chi connectivity index (χ2v) is 7.45. The maximum Gasteiger partial charge on any atom is 0.235 e. The minimum atomic E-state index is -3.36. The average Bonchev–Trinajstić information content (AvgIpc) is 2.52. The van der Waals surface area contributed by atoms with Crippen molar-refractivity contribution in [1.29, 1.82) is 0 Å². The molecule has 2 atom stereocenters. The Bertz CT molecular complexity index is 282. The van der Waals surface area contributed by atoms with E-state index >= 15 is 0 Å². The van der Waals surface area contributed by atoms with Gasteiger partial charge in [0.1, 0.15) is 0 Å². The summed E-state index contributed by atoms with van der Waals surface area (Å²) in [6.45, 7) is 6.19. The van der Waals surface area contributed by atoms with Crippen LogP contribution in [-0.2, 0) is 9.05 Å². The van der Waals surface area contributed by atoms with Crippen molar-refractivity contribution < 1.29 is 8.42 Å². The van der Waals surface area contributed by atoms with Crippen LogP contribution in [0.2, 0.25) is 0 Å². The third kappa shape index (κ3) is 2.59. The van der Waals surface area contributed by atoms with E-state index in [-0.39, 0.29) is 16.6 Å². The SMILES string of the molecule is CCCC(C1CC1(C)C)S(=O)(=O)Cl. The zero-order chi connectivity index (χ0) is 10.3. The van der Waals surface area contributed by atoms with E-state index in [1.807, 2.05) is 6.92 Å². The lowest BCUT2D eigenvalue weighted by Gasteiger charge is -2.13. The van der Waals surface area contributed by atoms with Crippen molar-refractivity contribution in [3.05, 3.63) is 0 Å². The molecule has 0 aromatic carbocycles. The minimum absolute atomic E-state index is 0.182. The molecule has 1 saturated carbocycles. The average molecular weight is 225 g/mol. The summed E-state index contributed by atoms with van der Waals surface area (Å²) in [7, 11) is 2.05. The van der Waals surface area contributed by atoms with Crippen molar-refractivity contribution in [3.8, 4) is 0 Å². The molecular weight excluding hydrogens is 208 g/mol. The summed E-state index contributed by atoms with van der Waals surface area (Å²) in [6, 6.07) is 0. The molecule has 0 radical (unpaired) electrons. The predicted octanol–water partition coefficient (Wildman–Crippen LogP) is 2.77. The predicted molar refractivity (Wildman–Crippen MR) is 55.4 cm³/mol. The van der Waals surface area contributed by atoms with E-state index in [1.165, 1.54) is 0 Å². The highest BCUT2D eigenvalue weighted by Gasteiger charge is 2.53. The van der Waals surface area contributed by atoms with E-state index in [4.69, 9.17) is 10.7 Å². The monoisotopic (exact) mass is 224 g/mol. The molecule has 2 unspecified atom stereocenters. The summed E-state index contributed by atoms with van der Waals surface area (Å²) in [5.74, 6) is 0.273. The Balaban J connectivity index is 2.72. The molecular formula is C9H17ClO2S. The summed E-state index contributed by atoms with van der Waals surface area (Å²) in [5, 5.41) is -0.325. The molecule has 1 aliphatic carbocycles. The van der Waals surface area contributed by atoms with Crippen LogP contribution in [-0.4, -0.2) is 13.7 Å². The Hall–Kier alpha value is 0.240. The third-order valence-electron chi connectivity index (χ3n) is 2.97. The Kier molecular flexibility index (Phi) is 2.98. The molecule has 0 aliphatic heterocycles. The van der Waals surface area contributed by atoms with Gasteiger partial charge in [0.25, 0.3) is 0 Å². The summed E-state index contributed by atoms with van der Waals surface area (Å²) < 4.78 is 22.5. The first-order valence-electron chi connectivity index (χ1n) is 4.72. The van der Waals surface area contributed by atoms with Crippen molar-refractivity contribution in [2.24, 2.45) is 11.3 Å². The van der Waals surface area contributed by atoms with Gasteiger partial charge in [-0.25, -0.2) is 8.42 Å².